The molecule has 1 aromatic carbocycles. The zero-order valence-corrected chi connectivity index (χ0v) is 11.6. The fraction of sp³-hybridized carbons (Fsp3) is 0.385. The molecule has 0 fully saturated rings. The average Bonchev–Trinajstić information content (AvgIpc) is 2.38. The van der Waals surface area contributed by atoms with Crippen LogP contribution < -0.4 is 14.8 Å². The molecule has 1 aromatic rings. The number of nitrogens with one attached hydrogen (secondary N) is 1. The first kappa shape index (κ1) is 15.1. The lowest BCUT2D eigenvalue weighted by Gasteiger charge is -2.12. The van der Waals surface area contributed by atoms with Crippen LogP contribution in [-0.4, -0.2) is 26.7 Å². The van der Waals surface area contributed by atoms with Gasteiger partial charge in [-0.05, 0) is 24.1 Å². The molecule has 0 spiro atoms. The number of amides is 1. The molecule has 102 valence electrons. The van der Waals surface area contributed by atoms with Crippen molar-refractivity contribution in [1.29, 1.82) is 5.26 Å². The van der Waals surface area contributed by atoms with E-state index in [9.17, 15) is 4.79 Å². The molecule has 0 aromatic heterocycles. The summed E-state index contributed by atoms with van der Waals surface area (Å²) in [7, 11) is 3.05. The van der Waals surface area contributed by atoms with E-state index < -0.39 is 0 Å². The maximum atomic E-state index is 11.1. The molecule has 6 heteroatoms. The van der Waals surface area contributed by atoms with Gasteiger partial charge in [0.05, 0.1) is 25.3 Å². The van der Waals surface area contributed by atoms with Crippen LogP contribution in [0.2, 0.25) is 5.02 Å². The zero-order chi connectivity index (χ0) is 14.3. The molecule has 0 saturated heterocycles. The number of methoxy groups -OCH3 is 2. The van der Waals surface area contributed by atoms with Crippen molar-refractivity contribution in [3.05, 3.63) is 22.7 Å². The van der Waals surface area contributed by atoms with E-state index in [-0.39, 0.29) is 12.3 Å². The summed E-state index contributed by atoms with van der Waals surface area (Å²) < 4.78 is 10.3. The van der Waals surface area contributed by atoms with Gasteiger partial charge in [0.2, 0.25) is 5.91 Å². The van der Waals surface area contributed by atoms with Crippen LogP contribution >= 0.6 is 11.6 Å². The third-order valence-corrected chi connectivity index (χ3v) is 2.75. The van der Waals surface area contributed by atoms with Crippen LogP contribution in [0.25, 0.3) is 0 Å². The first-order valence-electron chi connectivity index (χ1n) is 5.66. The number of nitriles is 1. The van der Waals surface area contributed by atoms with Gasteiger partial charge in [-0.15, -0.1) is 0 Å². The lowest BCUT2D eigenvalue weighted by Crippen LogP contribution is -2.24. The highest BCUT2D eigenvalue weighted by Gasteiger charge is 2.10. The van der Waals surface area contributed by atoms with Crippen molar-refractivity contribution in [2.45, 2.75) is 12.8 Å². The van der Waals surface area contributed by atoms with E-state index in [2.05, 4.69) is 5.32 Å². The number of carbonyl (C=O) groups is 1. The Kier molecular flexibility index (Phi) is 5.97. The van der Waals surface area contributed by atoms with E-state index in [1.807, 2.05) is 0 Å². The highest BCUT2D eigenvalue weighted by atomic mass is 35.5. The summed E-state index contributed by atoms with van der Waals surface area (Å²) in [6.45, 7) is 0.437. The zero-order valence-electron chi connectivity index (χ0n) is 10.8. The van der Waals surface area contributed by atoms with Crippen LogP contribution in [0.1, 0.15) is 12.0 Å². The Balaban J connectivity index is 2.67. The number of ether oxygens (including phenoxy) is 2. The van der Waals surface area contributed by atoms with E-state index in [0.29, 0.717) is 29.5 Å². The molecular formula is C13H15ClN2O3. The van der Waals surface area contributed by atoms with Crippen LogP contribution in [0.4, 0.5) is 0 Å². The van der Waals surface area contributed by atoms with E-state index in [4.69, 9.17) is 26.3 Å². The lowest BCUT2D eigenvalue weighted by molar-refractivity contribution is -0.120. The van der Waals surface area contributed by atoms with Crippen molar-refractivity contribution < 1.29 is 14.3 Å². The molecule has 19 heavy (non-hydrogen) atoms. The van der Waals surface area contributed by atoms with Crippen molar-refractivity contribution in [3.8, 4) is 17.6 Å². The predicted molar refractivity (Wildman–Crippen MR) is 71.5 cm³/mol. The minimum Gasteiger partial charge on any atom is -0.493 e. The van der Waals surface area contributed by atoms with Crippen LogP contribution in [0.3, 0.4) is 0 Å². The first-order valence-corrected chi connectivity index (χ1v) is 6.04. The van der Waals surface area contributed by atoms with Gasteiger partial charge < -0.3 is 14.8 Å². The van der Waals surface area contributed by atoms with Crippen molar-refractivity contribution in [3.63, 3.8) is 0 Å². The third-order valence-electron chi connectivity index (χ3n) is 2.47. The smallest absolute Gasteiger partial charge is 0.234 e. The molecule has 0 radical (unpaired) electrons. The summed E-state index contributed by atoms with van der Waals surface area (Å²) in [5.41, 5.74) is 0.917. The van der Waals surface area contributed by atoms with Crippen molar-refractivity contribution in [1.82, 2.24) is 5.32 Å². The Morgan fingerprint density at radius 3 is 2.74 bits per heavy atom. The normalized spacial score (nSPS) is 9.58. The van der Waals surface area contributed by atoms with Gasteiger partial charge in [-0.3, -0.25) is 4.79 Å². The second kappa shape index (κ2) is 7.49. The number of hydrogen-bond donors (Lipinski definition) is 1. The third kappa shape index (κ3) is 4.34. The summed E-state index contributed by atoms with van der Waals surface area (Å²) in [5, 5.41) is 11.5. The lowest BCUT2D eigenvalue weighted by atomic mass is 10.1. The molecule has 0 aliphatic heterocycles. The minimum atomic E-state index is -0.283. The number of nitrogens with zero attached hydrogens (tertiary/aromatic N) is 1. The highest BCUT2D eigenvalue weighted by Crippen LogP contribution is 2.35. The Hall–Kier alpha value is -1.93. The molecule has 0 aliphatic carbocycles. The van der Waals surface area contributed by atoms with E-state index in [1.54, 1.807) is 18.2 Å². The summed E-state index contributed by atoms with van der Waals surface area (Å²) in [5.74, 6) is 0.754. The number of benzene rings is 1. The van der Waals surface area contributed by atoms with Crippen LogP contribution in [0.15, 0.2) is 12.1 Å². The molecule has 1 amide bonds. The molecule has 5 nitrogen and oxygen atoms in total. The standard InChI is InChI=1S/C13H15ClN2O3/c1-18-11-8-9(7-10(14)13(11)19-2)4-6-16-12(17)3-5-15/h7-8H,3-4,6H2,1-2H3,(H,16,17). The van der Waals surface area contributed by atoms with E-state index in [1.165, 1.54) is 14.2 Å². The van der Waals surface area contributed by atoms with Gasteiger partial charge >= 0.3 is 0 Å². The van der Waals surface area contributed by atoms with Crippen molar-refractivity contribution in [2.75, 3.05) is 20.8 Å². The van der Waals surface area contributed by atoms with Crippen molar-refractivity contribution in [2.24, 2.45) is 0 Å². The summed E-state index contributed by atoms with van der Waals surface area (Å²) >= 11 is 6.07. The van der Waals surface area contributed by atoms with Crippen LogP contribution in [0.5, 0.6) is 11.5 Å². The highest BCUT2D eigenvalue weighted by molar-refractivity contribution is 6.32. The monoisotopic (exact) mass is 282 g/mol. The van der Waals surface area contributed by atoms with E-state index >= 15 is 0 Å². The van der Waals surface area contributed by atoms with Gasteiger partial charge in [-0.1, -0.05) is 11.6 Å². The molecule has 1 rings (SSSR count). The molecular weight excluding hydrogens is 268 g/mol. The van der Waals surface area contributed by atoms with Crippen LogP contribution in [0, 0.1) is 11.3 Å². The Morgan fingerprint density at radius 1 is 1.42 bits per heavy atom. The Morgan fingerprint density at radius 2 is 2.16 bits per heavy atom. The molecule has 0 atom stereocenters. The number of halogens is 1. The maximum absolute atomic E-state index is 11.1. The largest absolute Gasteiger partial charge is 0.493 e. The van der Waals surface area contributed by atoms with Gasteiger partial charge in [-0.2, -0.15) is 5.26 Å². The summed E-state index contributed by atoms with van der Waals surface area (Å²) in [6.07, 6.45) is 0.462. The Bertz CT molecular complexity index is 497. The molecule has 0 unspecified atom stereocenters. The maximum Gasteiger partial charge on any atom is 0.234 e. The molecule has 0 aliphatic rings. The summed E-state index contributed by atoms with van der Waals surface area (Å²) in [4.78, 5) is 11.1. The number of rotatable bonds is 6. The van der Waals surface area contributed by atoms with E-state index in [0.717, 1.165) is 5.56 Å². The molecule has 0 bridgehead atoms. The van der Waals surface area contributed by atoms with Gasteiger partial charge in [0.25, 0.3) is 0 Å². The van der Waals surface area contributed by atoms with Crippen LogP contribution in [-0.2, 0) is 11.2 Å². The molecule has 0 heterocycles. The van der Waals surface area contributed by atoms with Gasteiger partial charge in [0, 0.05) is 6.54 Å². The Labute approximate surface area is 117 Å². The second-order valence-electron chi connectivity index (χ2n) is 3.75. The topological polar surface area (TPSA) is 71.3 Å². The fourth-order valence-electron chi connectivity index (χ4n) is 1.60. The molecule has 1 N–H and O–H groups in total. The SMILES string of the molecule is COc1cc(CCNC(=O)CC#N)cc(Cl)c1OC. The predicted octanol–water partition coefficient (Wildman–Crippen LogP) is 1.93. The fourth-order valence-corrected chi connectivity index (χ4v) is 1.91. The summed E-state index contributed by atoms with van der Waals surface area (Å²) in [6, 6.07) is 5.36. The minimum absolute atomic E-state index is 0.132. The second-order valence-corrected chi connectivity index (χ2v) is 4.16. The van der Waals surface area contributed by atoms with Gasteiger partial charge in [0.15, 0.2) is 11.5 Å². The van der Waals surface area contributed by atoms with Gasteiger partial charge in [0.1, 0.15) is 6.42 Å². The number of carbonyl (C=O) groups excluding carboxylic acids is 1. The molecule has 0 saturated carbocycles. The van der Waals surface area contributed by atoms with Gasteiger partial charge in [-0.25, -0.2) is 0 Å². The quantitative estimate of drug-likeness (QED) is 0.865. The number of hydrogen-bond acceptors (Lipinski definition) is 4. The van der Waals surface area contributed by atoms with Crippen molar-refractivity contribution >= 4 is 17.5 Å². The first-order chi connectivity index (χ1) is 9.12. The average molecular weight is 283 g/mol.